The molecule has 0 spiro atoms. The first-order valence-corrected chi connectivity index (χ1v) is 12.6. The maximum absolute atomic E-state index is 13.7. The van der Waals surface area contributed by atoms with Gasteiger partial charge in [0, 0.05) is 18.0 Å². The number of carbonyl (C=O) groups excluding carboxylic acids is 1. The standard InChI is InChI=1S/C24H29N3O3S2/c1-13-8-7-9-19(16(13)4)27-23(29)21-17(5)18(6)32-22(21)25-24(27)31-12-20(28)26-10-14(2)30-15(3)11-26/h7-9,14-15H,10-12H2,1-6H3. The minimum Gasteiger partial charge on any atom is -0.372 e. The zero-order chi connectivity index (χ0) is 23.2. The summed E-state index contributed by atoms with van der Waals surface area (Å²) in [5, 5.41) is 1.22. The lowest BCUT2D eigenvalue weighted by atomic mass is 10.1. The van der Waals surface area contributed by atoms with Crippen molar-refractivity contribution in [3.05, 3.63) is 50.1 Å². The van der Waals surface area contributed by atoms with Crippen LogP contribution in [-0.2, 0) is 9.53 Å². The van der Waals surface area contributed by atoms with E-state index in [2.05, 4.69) is 0 Å². The molecule has 1 amide bonds. The van der Waals surface area contributed by atoms with Crippen molar-refractivity contribution >= 4 is 39.2 Å². The highest BCUT2D eigenvalue weighted by Crippen LogP contribution is 2.30. The predicted octanol–water partition coefficient (Wildman–Crippen LogP) is 4.41. The summed E-state index contributed by atoms with van der Waals surface area (Å²) in [7, 11) is 0. The number of benzene rings is 1. The zero-order valence-electron chi connectivity index (χ0n) is 19.4. The van der Waals surface area contributed by atoms with Gasteiger partial charge in [-0.15, -0.1) is 11.3 Å². The smallest absolute Gasteiger partial charge is 0.267 e. The van der Waals surface area contributed by atoms with Crippen molar-refractivity contribution in [2.24, 2.45) is 0 Å². The number of hydrogen-bond donors (Lipinski definition) is 0. The number of aryl methyl sites for hydroxylation is 3. The lowest BCUT2D eigenvalue weighted by Gasteiger charge is -2.35. The number of thioether (sulfide) groups is 1. The minimum absolute atomic E-state index is 0.0207. The van der Waals surface area contributed by atoms with Crippen LogP contribution >= 0.6 is 23.1 Å². The summed E-state index contributed by atoms with van der Waals surface area (Å²) in [5.74, 6) is 0.267. The van der Waals surface area contributed by atoms with Crippen molar-refractivity contribution in [2.75, 3.05) is 18.8 Å². The van der Waals surface area contributed by atoms with E-state index in [1.807, 2.05) is 64.6 Å². The lowest BCUT2D eigenvalue weighted by Crippen LogP contribution is -2.48. The summed E-state index contributed by atoms with van der Waals surface area (Å²) in [6.07, 6.45) is 0.0414. The molecule has 1 fully saturated rings. The van der Waals surface area contributed by atoms with Gasteiger partial charge in [0.15, 0.2) is 5.16 Å². The van der Waals surface area contributed by atoms with Crippen molar-refractivity contribution in [1.29, 1.82) is 0 Å². The number of amides is 1. The Bertz CT molecular complexity index is 1240. The summed E-state index contributed by atoms with van der Waals surface area (Å²) in [6, 6.07) is 5.94. The molecular formula is C24H29N3O3S2. The molecule has 0 N–H and O–H groups in total. The largest absolute Gasteiger partial charge is 0.372 e. The Labute approximate surface area is 196 Å². The highest BCUT2D eigenvalue weighted by atomic mass is 32.2. The average molecular weight is 472 g/mol. The topological polar surface area (TPSA) is 64.4 Å². The molecule has 4 rings (SSSR count). The number of fused-ring (bicyclic) bond motifs is 1. The van der Waals surface area contributed by atoms with E-state index in [1.165, 1.54) is 23.1 Å². The van der Waals surface area contributed by atoms with E-state index in [0.29, 0.717) is 23.6 Å². The number of thiophene rings is 1. The Morgan fingerprint density at radius 1 is 1.16 bits per heavy atom. The maximum Gasteiger partial charge on any atom is 0.267 e. The molecule has 1 aliphatic rings. The predicted molar refractivity (Wildman–Crippen MR) is 131 cm³/mol. The van der Waals surface area contributed by atoms with Crippen LogP contribution in [0.15, 0.2) is 28.2 Å². The van der Waals surface area contributed by atoms with Crippen LogP contribution in [0.1, 0.15) is 35.4 Å². The molecular weight excluding hydrogens is 442 g/mol. The Morgan fingerprint density at radius 3 is 2.53 bits per heavy atom. The van der Waals surface area contributed by atoms with Crippen LogP contribution in [-0.4, -0.2) is 51.4 Å². The first-order valence-electron chi connectivity index (χ1n) is 10.8. The molecule has 1 aliphatic heterocycles. The summed E-state index contributed by atoms with van der Waals surface area (Å²) in [6.45, 7) is 13.2. The summed E-state index contributed by atoms with van der Waals surface area (Å²) >= 11 is 2.86. The van der Waals surface area contributed by atoms with Gasteiger partial charge in [-0.1, -0.05) is 23.9 Å². The Hall–Kier alpha value is -2.16. The van der Waals surface area contributed by atoms with Gasteiger partial charge in [-0.3, -0.25) is 14.2 Å². The molecule has 3 aromatic rings. The number of aromatic nitrogens is 2. The molecule has 2 atom stereocenters. The fourth-order valence-electron chi connectivity index (χ4n) is 4.16. The van der Waals surface area contributed by atoms with Crippen LogP contribution in [0.3, 0.4) is 0 Å². The molecule has 170 valence electrons. The fraction of sp³-hybridized carbons (Fsp3) is 0.458. The first kappa shape index (κ1) is 23.0. The SMILES string of the molecule is Cc1cccc(-n2c(SCC(=O)N3CC(C)OC(C)C3)nc3sc(C)c(C)c3c2=O)c1C. The van der Waals surface area contributed by atoms with E-state index in [0.717, 1.165) is 32.1 Å². The molecule has 8 heteroatoms. The van der Waals surface area contributed by atoms with Crippen molar-refractivity contribution in [2.45, 2.75) is 58.9 Å². The quantitative estimate of drug-likeness (QED) is 0.417. The summed E-state index contributed by atoms with van der Waals surface area (Å²) in [4.78, 5) is 35.2. The molecule has 1 saturated heterocycles. The molecule has 0 saturated carbocycles. The van der Waals surface area contributed by atoms with E-state index < -0.39 is 0 Å². The molecule has 0 radical (unpaired) electrons. The second-order valence-electron chi connectivity index (χ2n) is 8.56. The number of nitrogens with zero attached hydrogens (tertiary/aromatic N) is 3. The van der Waals surface area contributed by atoms with Gasteiger partial charge in [-0.2, -0.15) is 0 Å². The summed E-state index contributed by atoms with van der Waals surface area (Å²) in [5.41, 5.74) is 3.86. The maximum atomic E-state index is 13.7. The van der Waals surface area contributed by atoms with Gasteiger partial charge in [0.2, 0.25) is 5.91 Å². The van der Waals surface area contributed by atoms with Crippen molar-refractivity contribution in [1.82, 2.24) is 14.5 Å². The number of rotatable bonds is 4. The zero-order valence-corrected chi connectivity index (χ0v) is 21.0. The Kier molecular flexibility index (Phi) is 6.47. The monoisotopic (exact) mass is 471 g/mol. The van der Waals surface area contributed by atoms with Gasteiger partial charge < -0.3 is 9.64 Å². The fourth-order valence-corrected chi connectivity index (χ4v) is 6.14. The van der Waals surface area contributed by atoms with Crippen LogP contribution in [0.5, 0.6) is 0 Å². The molecule has 32 heavy (non-hydrogen) atoms. The molecule has 2 aromatic heterocycles. The molecule has 0 aliphatic carbocycles. The van der Waals surface area contributed by atoms with Crippen LogP contribution in [0.2, 0.25) is 0 Å². The number of carbonyl (C=O) groups is 1. The van der Waals surface area contributed by atoms with Crippen molar-refractivity contribution < 1.29 is 9.53 Å². The van der Waals surface area contributed by atoms with Crippen LogP contribution in [0, 0.1) is 27.7 Å². The normalized spacial score (nSPS) is 19.0. The van der Waals surface area contributed by atoms with E-state index in [4.69, 9.17) is 9.72 Å². The first-order chi connectivity index (χ1) is 15.2. The molecule has 1 aromatic carbocycles. The van der Waals surface area contributed by atoms with Gasteiger partial charge in [0.05, 0.1) is 29.0 Å². The highest BCUT2D eigenvalue weighted by Gasteiger charge is 2.27. The summed E-state index contributed by atoms with van der Waals surface area (Å²) < 4.78 is 7.44. The third kappa shape index (κ3) is 4.23. The third-order valence-corrected chi connectivity index (χ3v) is 8.11. The minimum atomic E-state index is -0.0749. The Balaban J connectivity index is 1.76. The number of morpholine rings is 1. The van der Waals surface area contributed by atoms with Gasteiger partial charge in [0.1, 0.15) is 4.83 Å². The van der Waals surface area contributed by atoms with Crippen LogP contribution in [0.4, 0.5) is 0 Å². The van der Waals surface area contributed by atoms with E-state index in [1.54, 1.807) is 4.57 Å². The van der Waals surface area contributed by atoms with Gasteiger partial charge in [-0.25, -0.2) is 4.98 Å². The molecule has 3 heterocycles. The third-order valence-electron chi connectivity index (χ3n) is 6.09. The van der Waals surface area contributed by atoms with Gasteiger partial charge in [-0.05, 0) is 64.3 Å². The molecule has 0 bridgehead atoms. The van der Waals surface area contributed by atoms with Crippen molar-refractivity contribution in [3.63, 3.8) is 0 Å². The average Bonchev–Trinajstić information content (AvgIpc) is 3.02. The van der Waals surface area contributed by atoms with Gasteiger partial charge in [0.25, 0.3) is 5.56 Å². The van der Waals surface area contributed by atoms with Gasteiger partial charge >= 0.3 is 0 Å². The van der Waals surface area contributed by atoms with Crippen LogP contribution < -0.4 is 5.56 Å². The number of hydrogen-bond acceptors (Lipinski definition) is 6. The second-order valence-corrected chi connectivity index (χ2v) is 10.7. The van der Waals surface area contributed by atoms with E-state index in [9.17, 15) is 9.59 Å². The lowest BCUT2D eigenvalue weighted by molar-refractivity contribution is -0.140. The Morgan fingerprint density at radius 2 is 1.84 bits per heavy atom. The van der Waals surface area contributed by atoms with Crippen molar-refractivity contribution in [3.8, 4) is 5.69 Å². The van der Waals surface area contributed by atoms with Crippen LogP contribution in [0.25, 0.3) is 15.9 Å². The highest BCUT2D eigenvalue weighted by molar-refractivity contribution is 7.99. The molecule has 2 unspecified atom stereocenters. The van der Waals surface area contributed by atoms with E-state index >= 15 is 0 Å². The number of ether oxygens (including phenoxy) is 1. The van der Waals surface area contributed by atoms with E-state index in [-0.39, 0.29) is 29.4 Å². The molecule has 6 nitrogen and oxygen atoms in total. The second kappa shape index (κ2) is 9.00.